The molecule has 3 heterocycles. The number of fused-ring (bicyclic) bond motifs is 1. The summed E-state index contributed by atoms with van der Waals surface area (Å²) in [5, 5.41) is 4.64. The smallest absolute Gasteiger partial charge is 0.254 e. The van der Waals surface area contributed by atoms with Gasteiger partial charge in [0.1, 0.15) is 0 Å². The van der Waals surface area contributed by atoms with Crippen LogP contribution in [0.2, 0.25) is 0 Å². The van der Waals surface area contributed by atoms with Gasteiger partial charge in [0.05, 0.1) is 11.4 Å². The zero-order valence-electron chi connectivity index (χ0n) is 14.6. The lowest BCUT2D eigenvalue weighted by atomic mass is 10.1. The molecule has 0 radical (unpaired) electrons. The number of hydrogen-bond acceptors (Lipinski definition) is 5. The van der Waals surface area contributed by atoms with Gasteiger partial charge in [0.25, 0.3) is 5.91 Å². The Bertz CT molecular complexity index is 1000. The standard InChI is InChI=1S/C18H19N3O4S2/c22-17-12-21(8-6-19-17)27(24,25)15-3-1-2-13(10-15)18(23)20-7-4-16-14(11-20)5-9-26-16/h1-3,5,9-10H,4,6-8,11-12H2,(H,19,22). The SMILES string of the molecule is O=C1CN(S(=O)(=O)c2cccc(C(=O)N3CCc4sccc4C3)c2)CCN1. The number of nitrogens with one attached hydrogen (secondary N) is 1. The van der Waals surface area contributed by atoms with E-state index < -0.39 is 10.0 Å². The Morgan fingerprint density at radius 2 is 2.00 bits per heavy atom. The number of sulfonamides is 1. The van der Waals surface area contributed by atoms with Crippen molar-refractivity contribution in [1.82, 2.24) is 14.5 Å². The molecule has 4 rings (SSSR count). The average Bonchev–Trinajstić information content (AvgIpc) is 3.15. The van der Waals surface area contributed by atoms with Gasteiger partial charge in [-0.3, -0.25) is 9.59 Å². The van der Waals surface area contributed by atoms with E-state index >= 15 is 0 Å². The summed E-state index contributed by atoms with van der Waals surface area (Å²) >= 11 is 1.70. The van der Waals surface area contributed by atoms with Gasteiger partial charge in [-0.05, 0) is 41.6 Å². The fourth-order valence-corrected chi connectivity index (χ4v) is 5.70. The zero-order chi connectivity index (χ0) is 19.0. The van der Waals surface area contributed by atoms with E-state index in [0.29, 0.717) is 18.7 Å². The van der Waals surface area contributed by atoms with Gasteiger partial charge < -0.3 is 10.2 Å². The molecule has 142 valence electrons. The normalized spacial score (nSPS) is 18.1. The van der Waals surface area contributed by atoms with Gasteiger partial charge in [-0.25, -0.2) is 8.42 Å². The van der Waals surface area contributed by atoms with Crippen LogP contribution in [0.4, 0.5) is 0 Å². The minimum absolute atomic E-state index is 0.0382. The molecule has 1 N–H and O–H groups in total. The number of thiophene rings is 1. The van der Waals surface area contributed by atoms with E-state index in [9.17, 15) is 18.0 Å². The predicted molar refractivity (Wildman–Crippen MR) is 101 cm³/mol. The largest absolute Gasteiger partial charge is 0.354 e. The van der Waals surface area contributed by atoms with Crippen LogP contribution in [0.1, 0.15) is 20.8 Å². The Balaban J connectivity index is 1.57. The molecule has 27 heavy (non-hydrogen) atoms. The predicted octanol–water partition coefficient (Wildman–Crippen LogP) is 1.07. The molecular formula is C18H19N3O4S2. The van der Waals surface area contributed by atoms with Gasteiger partial charge in [0.2, 0.25) is 15.9 Å². The highest BCUT2D eigenvalue weighted by molar-refractivity contribution is 7.89. The minimum atomic E-state index is -3.82. The molecule has 9 heteroatoms. The van der Waals surface area contributed by atoms with Crippen molar-refractivity contribution in [2.75, 3.05) is 26.2 Å². The van der Waals surface area contributed by atoms with Gasteiger partial charge in [-0.1, -0.05) is 6.07 Å². The molecule has 0 unspecified atom stereocenters. The van der Waals surface area contributed by atoms with Crippen molar-refractivity contribution in [2.45, 2.75) is 17.9 Å². The Kier molecular flexibility index (Phi) is 4.75. The maximum atomic E-state index is 12.9. The second kappa shape index (κ2) is 7.06. The summed E-state index contributed by atoms with van der Waals surface area (Å²) in [5.41, 5.74) is 1.50. The quantitative estimate of drug-likeness (QED) is 0.828. The number of amides is 2. The first-order chi connectivity index (χ1) is 12.9. The van der Waals surface area contributed by atoms with Crippen LogP contribution in [-0.4, -0.2) is 55.6 Å². The highest BCUT2D eigenvalue weighted by Gasteiger charge is 2.30. The van der Waals surface area contributed by atoms with Gasteiger partial charge in [0, 0.05) is 36.6 Å². The fourth-order valence-electron chi connectivity index (χ4n) is 3.36. The molecule has 1 aromatic carbocycles. The van der Waals surface area contributed by atoms with Gasteiger partial charge in [-0.15, -0.1) is 11.3 Å². The number of carbonyl (C=O) groups is 2. The maximum absolute atomic E-state index is 12.9. The van der Waals surface area contributed by atoms with Gasteiger partial charge in [0.15, 0.2) is 0 Å². The van der Waals surface area contributed by atoms with Gasteiger partial charge in [-0.2, -0.15) is 4.31 Å². The minimum Gasteiger partial charge on any atom is -0.354 e. The highest BCUT2D eigenvalue weighted by Crippen LogP contribution is 2.26. The number of hydrogen-bond donors (Lipinski definition) is 1. The van der Waals surface area contributed by atoms with E-state index in [-0.39, 0.29) is 36.3 Å². The fraction of sp³-hybridized carbons (Fsp3) is 0.333. The van der Waals surface area contributed by atoms with E-state index in [1.54, 1.807) is 28.4 Å². The number of piperazine rings is 1. The number of rotatable bonds is 3. The molecule has 0 saturated carbocycles. The first-order valence-corrected chi connectivity index (χ1v) is 11.0. The van der Waals surface area contributed by atoms with Gasteiger partial charge >= 0.3 is 0 Å². The summed E-state index contributed by atoms with van der Waals surface area (Å²) in [6, 6.07) is 8.11. The molecule has 2 amide bonds. The Morgan fingerprint density at radius 1 is 1.15 bits per heavy atom. The summed E-state index contributed by atoms with van der Waals surface area (Å²) in [4.78, 5) is 27.5. The lowest BCUT2D eigenvalue weighted by molar-refractivity contribution is -0.122. The lowest BCUT2D eigenvalue weighted by Crippen LogP contribution is -2.49. The molecule has 2 aliphatic rings. The molecular weight excluding hydrogens is 386 g/mol. The molecule has 0 atom stereocenters. The molecule has 2 aromatic rings. The third-order valence-corrected chi connectivity index (χ3v) is 7.68. The topological polar surface area (TPSA) is 86.8 Å². The van der Waals surface area contributed by atoms with Crippen LogP contribution in [0, 0.1) is 0 Å². The van der Waals surface area contributed by atoms with E-state index in [0.717, 1.165) is 16.3 Å². The monoisotopic (exact) mass is 405 g/mol. The molecule has 2 aliphatic heterocycles. The van der Waals surface area contributed by atoms with Crippen molar-refractivity contribution in [2.24, 2.45) is 0 Å². The molecule has 7 nitrogen and oxygen atoms in total. The number of carbonyl (C=O) groups excluding carboxylic acids is 2. The summed E-state index contributed by atoms with van der Waals surface area (Å²) in [5.74, 6) is -0.503. The number of benzene rings is 1. The Hall–Kier alpha value is -2.23. The van der Waals surface area contributed by atoms with Crippen molar-refractivity contribution < 1.29 is 18.0 Å². The summed E-state index contributed by atoms with van der Waals surface area (Å²) in [6.45, 7) is 1.47. The third kappa shape index (κ3) is 3.50. The highest BCUT2D eigenvalue weighted by atomic mass is 32.2. The van der Waals surface area contributed by atoms with E-state index in [1.165, 1.54) is 17.0 Å². The van der Waals surface area contributed by atoms with Crippen molar-refractivity contribution in [3.05, 3.63) is 51.7 Å². The first kappa shape index (κ1) is 18.1. The average molecular weight is 406 g/mol. The number of nitrogens with zero attached hydrogens (tertiary/aromatic N) is 2. The Labute approximate surface area is 161 Å². The second-order valence-electron chi connectivity index (χ2n) is 6.56. The van der Waals surface area contributed by atoms with Crippen molar-refractivity contribution in [3.63, 3.8) is 0 Å². The zero-order valence-corrected chi connectivity index (χ0v) is 16.2. The second-order valence-corrected chi connectivity index (χ2v) is 9.50. The van der Waals surface area contributed by atoms with E-state index in [2.05, 4.69) is 5.32 Å². The van der Waals surface area contributed by atoms with Crippen molar-refractivity contribution in [1.29, 1.82) is 0 Å². The maximum Gasteiger partial charge on any atom is 0.254 e. The molecule has 1 aromatic heterocycles. The summed E-state index contributed by atoms with van der Waals surface area (Å²) < 4.78 is 26.8. The molecule has 1 saturated heterocycles. The van der Waals surface area contributed by atoms with Crippen molar-refractivity contribution >= 4 is 33.2 Å². The van der Waals surface area contributed by atoms with Crippen LogP contribution >= 0.6 is 11.3 Å². The van der Waals surface area contributed by atoms with Crippen LogP contribution in [0.3, 0.4) is 0 Å². The van der Waals surface area contributed by atoms with Crippen LogP contribution in [0.5, 0.6) is 0 Å². The third-order valence-electron chi connectivity index (χ3n) is 4.82. The summed E-state index contributed by atoms with van der Waals surface area (Å²) in [7, 11) is -3.82. The van der Waals surface area contributed by atoms with Crippen LogP contribution in [-0.2, 0) is 27.8 Å². The molecule has 0 spiro atoms. The molecule has 0 aliphatic carbocycles. The lowest BCUT2D eigenvalue weighted by Gasteiger charge is -2.28. The van der Waals surface area contributed by atoms with E-state index in [4.69, 9.17) is 0 Å². The Morgan fingerprint density at radius 3 is 2.81 bits per heavy atom. The molecule has 1 fully saturated rings. The van der Waals surface area contributed by atoms with Crippen molar-refractivity contribution in [3.8, 4) is 0 Å². The first-order valence-electron chi connectivity index (χ1n) is 8.66. The van der Waals surface area contributed by atoms with Crippen LogP contribution < -0.4 is 5.32 Å². The summed E-state index contributed by atoms with van der Waals surface area (Å²) in [6.07, 6.45) is 0.819. The van der Waals surface area contributed by atoms with Crippen LogP contribution in [0.25, 0.3) is 0 Å². The molecule has 0 bridgehead atoms. The van der Waals surface area contributed by atoms with Crippen LogP contribution in [0.15, 0.2) is 40.6 Å². The van der Waals surface area contributed by atoms with E-state index in [1.807, 2.05) is 11.4 Å².